The maximum Gasteiger partial charge on any atom is 0.191 e. The molecular formula is C12H25N3O. The van der Waals surface area contributed by atoms with E-state index in [1.807, 2.05) is 7.05 Å². The second kappa shape index (κ2) is 6.74. The van der Waals surface area contributed by atoms with Gasteiger partial charge in [0.2, 0.25) is 0 Å². The van der Waals surface area contributed by atoms with E-state index in [9.17, 15) is 0 Å². The lowest BCUT2D eigenvalue weighted by molar-refractivity contribution is 0.0611. The maximum absolute atomic E-state index is 5.93. The topological polar surface area (TPSA) is 50.8 Å². The van der Waals surface area contributed by atoms with E-state index in [1.54, 1.807) is 0 Å². The Morgan fingerprint density at radius 2 is 2.06 bits per heavy atom. The number of aliphatic imine (C=N–C) groups is 1. The number of guanidine groups is 1. The standard InChI is InChI=1S/C12H25N3O/c1-10(2)8-14-12(13)15(3)9-11-4-6-16-7-5-11/h10-11H,4-9H2,1-3H3,(H2,13,14). The number of hydrogen-bond donors (Lipinski definition) is 1. The van der Waals surface area contributed by atoms with Gasteiger partial charge in [-0.1, -0.05) is 13.8 Å². The van der Waals surface area contributed by atoms with Gasteiger partial charge >= 0.3 is 0 Å². The van der Waals surface area contributed by atoms with Crippen LogP contribution in [0.25, 0.3) is 0 Å². The summed E-state index contributed by atoms with van der Waals surface area (Å²) in [6, 6.07) is 0. The second-order valence-electron chi connectivity index (χ2n) is 5.03. The third-order valence-electron chi connectivity index (χ3n) is 2.88. The van der Waals surface area contributed by atoms with Crippen LogP contribution in [0.4, 0.5) is 0 Å². The van der Waals surface area contributed by atoms with E-state index in [4.69, 9.17) is 10.5 Å². The van der Waals surface area contributed by atoms with Crippen molar-refractivity contribution in [2.24, 2.45) is 22.6 Å². The molecular weight excluding hydrogens is 202 g/mol. The summed E-state index contributed by atoms with van der Waals surface area (Å²) in [5.74, 6) is 1.93. The predicted octanol–water partition coefficient (Wildman–Crippen LogP) is 1.32. The van der Waals surface area contributed by atoms with Gasteiger partial charge < -0.3 is 15.4 Å². The highest BCUT2D eigenvalue weighted by Gasteiger charge is 2.16. The third kappa shape index (κ3) is 4.84. The minimum Gasteiger partial charge on any atom is -0.381 e. The molecule has 1 saturated heterocycles. The Labute approximate surface area is 98.9 Å². The van der Waals surface area contributed by atoms with Crippen LogP contribution in [0.1, 0.15) is 26.7 Å². The fourth-order valence-corrected chi connectivity index (χ4v) is 1.81. The van der Waals surface area contributed by atoms with Crippen molar-refractivity contribution in [2.75, 3.05) is 33.4 Å². The van der Waals surface area contributed by atoms with E-state index in [0.717, 1.165) is 39.1 Å². The largest absolute Gasteiger partial charge is 0.381 e. The number of nitrogens with zero attached hydrogens (tertiary/aromatic N) is 2. The van der Waals surface area contributed by atoms with E-state index < -0.39 is 0 Å². The lowest BCUT2D eigenvalue weighted by atomic mass is 10.00. The maximum atomic E-state index is 5.93. The highest BCUT2D eigenvalue weighted by atomic mass is 16.5. The normalized spacial score (nSPS) is 19.1. The molecule has 1 aliphatic heterocycles. The van der Waals surface area contributed by atoms with Gasteiger partial charge in [0.25, 0.3) is 0 Å². The fourth-order valence-electron chi connectivity index (χ4n) is 1.81. The molecule has 0 radical (unpaired) electrons. The van der Waals surface area contributed by atoms with Crippen molar-refractivity contribution in [3.05, 3.63) is 0 Å². The van der Waals surface area contributed by atoms with Gasteiger partial charge in [-0.05, 0) is 24.7 Å². The van der Waals surface area contributed by atoms with Gasteiger partial charge in [0.15, 0.2) is 5.96 Å². The summed E-state index contributed by atoms with van der Waals surface area (Å²) in [6.07, 6.45) is 2.28. The summed E-state index contributed by atoms with van der Waals surface area (Å²) in [6.45, 7) is 7.88. The van der Waals surface area contributed by atoms with Gasteiger partial charge in [0.05, 0.1) is 0 Å². The molecule has 0 aromatic heterocycles. The highest BCUT2D eigenvalue weighted by Crippen LogP contribution is 2.15. The molecule has 0 spiro atoms. The molecule has 2 N–H and O–H groups in total. The SMILES string of the molecule is CC(C)CN=C(N)N(C)CC1CCOCC1. The van der Waals surface area contributed by atoms with Crippen LogP contribution in [0.3, 0.4) is 0 Å². The molecule has 0 amide bonds. The highest BCUT2D eigenvalue weighted by molar-refractivity contribution is 5.77. The Hall–Kier alpha value is -0.770. The summed E-state index contributed by atoms with van der Waals surface area (Å²) in [5.41, 5.74) is 5.93. The van der Waals surface area contributed by atoms with E-state index >= 15 is 0 Å². The van der Waals surface area contributed by atoms with Crippen LogP contribution < -0.4 is 5.73 Å². The molecule has 0 saturated carbocycles. The first kappa shape index (κ1) is 13.3. The molecule has 1 heterocycles. The Morgan fingerprint density at radius 1 is 1.44 bits per heavy atom. The first-order valence-corrected chi connectivity index (χ1v) is 6.18. The zero-order valence-corrected chi connectivity index (χ0v) is 10.8. The number of nitrogens with two attached hydrogens (primary N) is 1. The average molecular weight is 227 g/mol. The van der Waals surface area contributed by atoms with Gasteiger partial charge in [0, 0.05) is 33.4 Å². The Morgan fingerprint density at radius 3 is 2.62 bits per heavy atom. The van der Waals surface area contributed by atoms with E-state index in [0.29, 0.717) is 17.8 Å². The summed E-state index contributed by atoms with van der Waals surface area (Å²) in [4.78, 5) is 6.45. The van der Waals surface area contributed by atoms with Crippen LogP contribution in [0.5, 0.6) is 0 Å². The summed E-state index contributed by atoms with van der Waals surface area (Å²) >= 11 is 0. The minimum absolute atomic E-state index is 0.565. The van der Waals surface area contributed by atoms with Gasteiger partial charge in [-0.15, -0.1) is 0 Å². The number of rotatable bonds is 4. The molecule has 0 unspecified atom stereocenters. The smallest absolute Gasteiger partial charge is 0.191 e. The Kier molecular flexibility index (Phi) is 5.60. The van der Waals surface area contributed by atoms with E-state index in [2.05, 4.69) is 23.7 Å². The molecule has 0 aromatic rings. The lowest BCUT2D eigenvalue weighted by Crippen LogP contribution is -2.39. The van der Waals surface area contributed by atoms with Crippen molar-refractivity contribution in [1.29, 1.82) is 0 Å². The predicted molar refractivity (Wildman–Crippen MR) is 67.5 cm³/mol. The van der Waals surface area contributed by atoms with Crippen molar-refractivity contribution in [3.63, 3.8) is 0 Å². The molecule has 0 aromatic carbocycles. The second-order valence-corrected chi connectivity index (χ2v) is 5.03. The summed E-state index contributed by atoms with van der Waals surface area (Å²) < 4.78 is 5.34. The average Bonchev–Trinajstić information content (AvgIpc) is 2.27. The van der Waals surface area contributed by atoms with Gasteiger partial charge in [-0.25, -0.2) is 0 Å². The van der Waals surface area contributed by atoms with Crippen LogP contribution in [0.2, 0.25) is 0 Å². The third-order valence-corrected chi connectivity index (χ3v) is 2.88. The zero-order chi connectivity index (χ0) is 12.0. The number of ether oxygens (including phenoxy) is 1. The number of hydrogen-bond acceptors (Lipinski definition) is 2. The molecule has 1 fully saturated rings. The molecule has 1 aliphatic rings. The van der Waals surface area contributed by atoms with Gasteiger partial charge in [0.1, 0.15) is 0 Å². The van der Waals surface area contributed by atoms with Crippen molar-refractivity contribution >= 4 is 5.96 Å². The molecule has 0 bridgehead atoms. The molecule has 4 nitrogen and oxygen atoms in total. The Bertz CT molecular complexity index is 222. The van der Waals surface area contributed by atoms with Gasteiger partial charge in [-0.3, -0.25) is 4.99 Å². The molecule has 94 valence electrons. The monoisotopic (exact) mass is 227 g/mol. The van der Waals surface area contributed by atoms with Crippen molar-refractivity contribution < 1.29 is 4.74 Å². The van der Waals surface area contributed by atoms with Crippen molar-refractivity contribution in [3.8, 4) is 0 Å². The van der Waals surface area contributed by atoms with Crippen LogP contribution in [0, 0.1) is 11.8 Å². The van der Waals surface area contributed by atoms with E-state index in [1.165, 1.54) is 0 Å². The van der Waals surface area contributed by atoms with Crippen LogP contribution >= 0.6 is 0 Å². The zero-order valence-electron chi connectivity index (χ0n) is 10.8. The summed E-state index contributed by atoms with van der Waals surface area (Å²) in [5, 5.41) is 0. The summed E-state index contributed by atoms with van der Waals surface area (Å²) in [7, 11) is 2.02. The van der Waals surface area contributed by atoms with Gasteiger partial charge in [-0.2, -0.15) is 0 Å². The van der Waals surface area contributed by atoms with Crippen LogP contribution in [-0.4, -0.2) is 44.2 Å². The fraction of sp³-hybridized carbons (Fsp3) is 0.917. The quantitative estimate of drug-likeness (QED) is 0.582. The molecule has 0 aliphatic carbocycles. The molecule has 0 atom stereocenters. The molecule has 16 heavy (non-hydrogen) atoms. The minimum atomic E-state index is 0.565. The van der Waals surface area contributed by atoms with Crippen molar-refractivity contribution in [1.82, 2.24) is 4.90 Å². The Balaban J connectivity index is 2.32. The first-order valence-electron chi connectivity index (χ1n) is 6.18. The van der Waals surface area contributed by atoms with E-state index in [-0.39, 0.29) is 0 Å². The molecule has 1 rings (SSSR count). The van der Waals surface area contributed by atoms with Crippen molar-refractivity contribution in [2.45, 2.75) is 26.7 Å². The molecule has 4 heteroatoms. The van der Waals surface area contributed by atoms with Crippen LogP contribution in [0.15, 0.2) is 4.99 Å². The lowest BCUT2D eigenvalue weighted by Gasteiger charge is -2.27. The first-order chi connectivity index (χ1) is 7.59. The van der Waals surface area contributed by atoms with Crippen LogP contribution in [-0.2, 0) is 4.74 Å².